The van der Waals surface area contributed by atoms with Crippen molar-refractivity contribution in [2.45, 2.75) is 31.9 Å². The van der Waals surface area contributed by atoms with Gasteiger partial charge >= 0.3 is 6.18 Å². The summed E-state index contributed by atoms with van der Waals surface area (Å²) in [4.78, 5) is 16.8. The molecule has 1 aromatic heterocycles. The summed E-state index contributed by atoms with van der Waals surface area (Å²) >= 11 is 0. The van der Waals surface area contributed by atoms with Crippen molar-refractivity contribution in [1.82, 2.24) is 15.0 Å². The van der Waals surface area contributed by atoms with Gasteiger partial charge < -0.3 is 9.42 Å². The maximum Gasteiger partial charge on any atom is 0.406 e. The standard InChI is InChI=1S/C16H16F3N3O2/c1-2-10-5-3-4-6-12(10)14-20-15(24-21-14)11-7-13(23)22(8-11)9-16(17,18)19/h3-6,11H,2,7-9H2,1H3/t11-/m0/s1. The molecule has 0 aliphatic carbocycles. The van der Waals surface area contributed by atoms with E-state index in [2.05, 4.69) is 10.1 Å². The summed E-state index contributed by atoms with van der Waals surface area (Å²) in [5.41, 5.74) is 1.87. The number of carbonyl (C=O) groups is 1. The number of carbonyl (C=O) groups excluding carboxylic acids is 1. The smallest absolute Gasteiger partial charge is 0.339 e. The molecule has 1 amide bonds. The van der Waals surface area contributed by atoms with Crippen molar-refractivity contribution in [3.63, 3.8) is 0 Å². The molecule has 2 aromatic rings. The summed E-state index contributed by atoms with van der Waals surface area (Å²) in [6.45, 7) is 0.696. The molecule has 1 fully saturated rings. The number of hydrogen-bond acceptors (Lipinski definition) is 4. The van der Waals surface area contributed by atoms with E-state index in [-0.39, 0.29) is 18.9 Å². The second-order valence-corrected chi connectivity index (χ2v) is 5.76. The second-order valence-electron chi connectivity index (χ2n) is 5.76. The zero-order chi connectivity index (χ0) is 17.3. The molecule has 0 radical (unpaired) electrons. The van der Waals surface area contributed by atoms with Crippen LogP contribution in [-0.4, -0.2) is 40.2 Å². The number of amides is 1. The first-order valence-electron chi connectivity index (χ1n) is 7.63. The predicted molar refractivity (Wildman–Crippen MR) is 79.1 cm³/mol. The van der Waals surface area contributed by atoms with E-state index < -0.39 is 24.5 Å². The number of halogens is 3. The van der Waals surface area contributed by atoms with Crippen molar-refractivity contribution in [3.8, 4) is 11.4 Å². The van der Waals surface area contributed by atoms with Gasteiger partial charge in [-0.15, -0.1) is 0 Å². The number of alkyl halides is 3. The Labute approximate surface area is 136 Å². The zero-order valence-corrected chi connectivity index (χ0v) is 13.0. The van der Waals surface area contributed by atoms with Crippen molar-refractivity contribution in [2.24, 2.45) is 0 Å². The number of benzene rings is 1. The molecule has 24 heavy (non-hydrogen) atoms. The van der Waals surface area contributed by atoms with Gasteiger partial charge in [0, 0.05) is 18.5 Å². The second kappa shape index (κ2) is 6.26. The molecule has 0 unspecified atom stereocenters. The van der Waals surface area contributed by atoms with Crippen LogP contribution in [0.25, 0.3) is 11.4 Å². The van der Waals surface area contributed by atoms with E-state index in [9.17, 15) is 18.0 Å². The molecular weight excluding hydrogens is 323 g/mol. The lowest BCUT2D eigenvalue weighted by molar-refractivity contribution is -0.157. The topological polar surface area (TPSA) is 59.2 Å². The maximum atomic E-state index is 12.5. The lowest BCUT2D eigenvalue weighted by atomic mass is 10.0. The van der Waals surface area contributed by atoms with Gasteiger partial charge in [0.2, 0.25) is 17.6 Å². The van der Waals surface area contributed by atoms with Crippen molar-refractivity contribution in [3.05, 3.63) is 35.7 Å². The van der Waals surface area contributed by atoms with Crippen LogP contribution >= 0.6 is 0 Å². The maximum absolute atomic E-state index is 12.5. The van der Waals surface area contributed by atoms with Crippen molar-refractivity contribution in [2.75, 3.05) is 13.1 Å². The molecule has 3 rings (SSSR count). The van der Waals surface area contributed by atoms with Gasteiger partial charge in [0.25, 0.3) is 0 Å². The number of aryl methyl sites for hydroxylation is 1. The molecule has 0 spiro atoms. The Morgan fingerprint density at radius 2 is 2.08 bits per heavy atom. The molecule has 0 N–H and O–H groups in total. The molecule has 1 saturated heterocycles. The monoisotopic (exact) mass is 339 g/mol. The minimum Gasteiger partial charge on any atom is -0.339 e. The zero-order valence-electron chi connectivity index (χ0n) is 13.0. The number of hydrogen-bond donors (Lipinski definition) is 0. The first-order valence-corrected chi connectivity index (χ1v) is 7.63. The highest BCUT2D eigenvalue weighted by atomic mass is 19.4. The summed E-state index contributed by atoms with van der Waals surface area (Å²) in [6.07, 6.45) is -3.67. The molecule has 1 aliphatic rings. The fourth-order valence-corrected chi connectivity index (χ4v) is 2.86. The minimum atomic E-state index is -4.41. The van der Waals surface area contributed by atoms with E-state index >= 15 is 0 Å². The van der Waals surface area contributed by atoms with Gasteiger partial charge in [-0.25, -0.2) is 0 Å². The summed E-state index contributed by atoms with van der Waals surface area (Å²) < 4.78 is 42.6. The molecule has 0 saturated carbocycles. The van der Waals surface area contributed by atoms with Crippen LogP contribution in [0.2, 0.25) is 0 Å². The highest BCUT2D eigenvalue weighted by molar-refractivity contribution is 5.79. The van der Waals surface area contributed by atoms with Gasteiger partial charge in [-0.05, 0) is 12.0 Å². The Balaban J connectivity index is 1.78. The lowest BCUT2D eigenvalue weighted by Gasteiger charge is -2.17. The molecule has 2 heterocycles. The van der Waals surface area contributed by atoms with Gasteiger partial charge in [-0.2, -0.15) is 18.2 Å². The first kappa shape index (κ1) is 16.5. The summed E-state index contributed by atoms with van der Waals surface area (Å²) in [7, 11) is 0. The third-order valence-electron chi connectivity index (χ3n) is 4.01. The van der Waals surface area contributed by atoms with Crippen LogP contribution in [0.3, 0.4) is 0 Å². The molecule has 1 atom stereocenters. The van der Waals surface area contributed by atoms with Gasteiger partial charge in [0.1, 0.15) is 6.54 Å². The first-order chi connectivity index (χ1) is 11.4. The number of aromatic nitrogens is 2. The molecule has 1 aliphatic heterocycles. The van der Waals surface area contributed by atoms with Crippen LogP contribution < -0.4 is 0 Å². The van der Waals surface area contributed by atoms with E-state index in [1.165, 1.54) is 0 Å². The molecule has 0 bridgehead atoms. The largest absolute Gasteiger partial charge is 0.406 e. The van der Waals surface area contributed by atoms with E-state index in [4.69, 9.17) is 4.52 Å². The molecule has 1 aromatic carbocycles. The predicted octanol–water partition coefficient (Wildman–Crippen LogP) is 3.18. The summed E-state index contributed by atoms with van der Waals surface area (Å²) in [5.74, 6) is -0.459. The van der Waals surface area contributed by atoms with Crippen molar-refractivity contribution >= 4 is 5.91 Å². The third kappa shape index (κ3) is 3.42. The van der Waals surface area contributed by atoms with Crippen LogP contribution in [0.4, 0.5) is 13.2 Å². The Morgan fingerprint density at radius 1 is 1.33 bits per heavy atom. The van der Waals surface area contributed by atoms with E-state index in [1.54, 1.807) is 0 Å². The summed E-state index contributed by atoms with van der Waals surface area (Å²) in [5, 5.41) is 3.93. The van der Waals surface area contributed by atoms with E-state index in [0.717, 1.165) is 22.4 Å². The lowest BCUT2D eigenvalue weighted by Crippen LogP contribution is -2.35. The molecule has 5 nitrogen and oxygen atoms in total. The minimum absolute atomic E-state index is 0.0485. The number of likely N-dealkylation sites (tertiary alicyclic amines) is 1. The van der Waals surface area contributed by atoms with Gasteiger partial charge in [-0.3, -0.25) is 4.79 Å². The highest BCUT2D eigenvalue weighted by Crippen LogP contribution is 2.31. The summed E-state index contributed by atoms with van der Waals surface area (Å²) in [6, 6.07) is 7.58. The van der Waals surface area contributed by atoms with Gasteiger partial charge in [0.15, 0.2) is 0 Å². The normalized spacial score (nSPS) is 18.4. The van der Waals surface area contributed by atoms with Crippen molar-refractivity contribution in [1.29, 1.82) is 0 Å². The molecular formula is C16H16F3N3O2. The van der Waals surface area contributed by atoms with Crippen LogP contribution in [-0.2, 0) is 11.2 Å². The van der Waals surface area contributed by atoms with Crippen molar-refractivity contribution < 1.29 is 22.5 Å². The Morgan fingerprint density at radius 3 is 2.79 bits per heavy atom. The molecule has 128 valence electrons. The van der Waals surface area contributed by atoms with Crippen LogP contribution in [0, 0.1) is 0 Å². The van der Waals surface area contributed by atoms with Crippen LogP contribution in [0.15, 0.2) is 28.8 Å². The quantitative estimate of drug-likeness (QED) is 0.858. The number of nitrogens with zero attached hydrogens (tertiary/aromatic N) is 3. The third-order valence-corrected chi connectivity index (χ3v) is 4.01. The highest BCUT2D eigenvalue weighted by Gasteiger charge is 2.40. The van der Waals surface area contributed by atoms with E-state index in [0.29, 0.717) is 5.82 Å². The fraction of sp³-hybridized carbons (Fsp3) is 0.438. The SMILES string of the molecule is CCc1ccccc1-c1noc([C@H]2CC(=O)N(CC(F)(F)F)C2)n1. The Hall–Kier alpha value is -2.38. The van der Waals surface area contributed by atoms with E-state index in [1.807, 2.05) is 31.2 Å². The number of rotatable bonds is 4. The Bertz CT molecular complexity index is 742. The van der Waals surface area contributed by atoms with Crippen LogP contribution in [0.5, 0.6) is 0 Å². The Kier molecular flexibility index (Phi) is 4.29. The average Bonchev–Trinajstić information content (AvgIpc) is 3.13. The average molecular weight is 339 g/mol. The van der Waals surface area contributed by atoms with Gasteiger partial charge in [0.05, 0.1) is 5.92 Å². The van der Waals surface area contributed by atoms with Gasteiger partial charge in [-0.1, -0.05) is 36.3 Å². The van der Waals surface area contributed by atoms with Crippen LogP contribution in [0.1, 0.15) is 30.7 Å². The molecule has 8 heteroatoms. The fourth-order valence-electron chi connectivity index (χ4n) is 2.86.